The number of aryl methyl sites for hydroxylation is 3. The van der Waals surface area contributed by atoms with E-state index in [4.69, 9.17) is 4.98 Å². The van der Waals surface area contributed by atoms with Crippen molar-refractivity contribution >= 4 is 47.4 Å². The standard InChI is InChI=1S/C23H23F3N8O2S2/c1-4-32-10-15(13(3)30-32)38(35,36)33-7-5-6-14(9-33)20-29-21-19-18(27-11-34(21)31-20)17-12(2)8-16(23(24,25)26)28-22(17)37-19/h8,10-11,14H,4-7,9H2,1-3H3/t14-/m1/s1. The number of alkyl halides is 3. The number of pyridine rings is 1. The Morgan fingerprint density at radius 1 is 1.18 bits per heavy atom. The fourth-order valence-corrected chi connectivity index (χ4v) is 7.84. The van der Waals surface area contributed by atoms with Crippen molar-refractivity contribution in [2.75, 3.05) is 13.1 Å². The third-order valence-electron chi connectivity index (χ3n) is 6.86. The summed E-state index contributed by atoms with van der Waals surface area (Å²) in [4.78, 5) is 13.4. The van der Waals surface area contributed by atoms with Gasteiger partial charge in [-0.3, -0.25) is 4.68 Å². The van der Waals surface area contributed by atoms with Crippen LogP contribution in [0, 0.1) is 13.8 Å². The third-order valence-corrected chi connectivity index (χ3v) is 9.90. The smallest absolute Gasteiger partial charge is 0.271 e. The fourth-order valence-electron chi connectivity index (χ4n) is 4.97. The van der Waals surface area contributed by atoms with Gasteiger partial charge in [0.2, 0.25) is 10.0 Å². The number of aromatic nitrogens is 7. The third kappa shape index (κ3) is 3.94. The molecule has 0 bridgehead atoms. The maximum absolute atomic E-state index is 13.4. The number of halogens is 3. The molecule has 0 unspecified atom stereocenters. The van der Waals surface area contributed by atoms with Crippen LogP contribution in [0.3, 0.4) is 0 Å². The van der Waals surface area contributed by atoms with Crippen LogP contribution in [0.4, 0.5) is 13.2 Å². The molecule has 1 saturated heterocycles. The molecule has 0 saturated carbocycles. The van der Waals surface area contributed by atoms with Gasteiger partial charge in [0.15, 0.2) is 11.5 Å². The van der Waals surface area contributed by atoms with Gasteiger partial charge in [-0.2, -0.15) is 22.6 Å². The Kier molecular flexibility index (Phi) is 5.74. The summed E-state index contributed by atoms with van der Waals surface area (Å²) < 4.78 is 72.0. The van der Waals surface area contributed by atoms with Gasteiger partial charge in [0, 0.05) is 37.1 Å². The highest BCUT2D eigenvalue weighted by Gasteiger charge is 2.36. The highest BCUT2D eigenvalue weighted by atomic mass is 32.2. The summed E-state index contributed by atoms with van der Waals surface area (Å²) >= 11 is 1.09. The second kappa shape index (κ2) is 8.68. The minimum Gasteiger partial charge on any atom is -0.271 e. The Morgan fingerprint density at radius 2 is 1.97 bits per heavy atom. The quantitative estimate of drug-likeness (QED) is 0.320. The molecule has 0 aliphatic carbocycles. The van der Waals surface area contributed by atoms with Gasteiger partial charge in [-0.25, -0.2) is 27.9 Å². The minimum absolute atomic E-state index is 0.195. The highest BCUT2D eigenvalue weighted by Crippen LogP contribution is 2.39. The average Bonchev–Trinajstić information content (AvgIpc) is 3.57. The highest BCUT2D eigenvalue weighted by molar-refractivity contribution is 7.89. The minimum atomic E-state index is -4.55. The summed E-state index contributed by atoms with van der Waals surface area (Å²) in [6.45, 7) is 6.35. The summed E-state index contributed by atoms with van der Waals surface area (Å²) in [7, 11) is -3.75. The zero-order valence-corrected chi connectivity index (χ0v) is 22.3. The maximum atomic E-state index is 13.4. The number of nitrogens with zero attached hydrogens (tertiary/aromatic N) is 8. The molecule has 5 aromatic rings. The lowest BCUT2D eigenvalue weighted by molar-refractivity contribution is -0.141. The first kappa shape index (κ1) is 25.1. The van der Waals surface area contributed by atoms with Crippen molar-refractivity contribution in [3.63, 3.8) is 0 Å². The Labute approximate surface area is 219 Å². The van der Waals surface area contributed by atoms with Crippen molar-refractivity contribution in [1.29, 1.82) is 0 Å². The van der Waals surface area contributed by atoms with Crippen LogP contribution >= 0.6 is 11.3 Å². The van der Waals surface area contributed by atoms with E-state index in [-0.39, 0.29) is 22.2 Å². The van der Waals surface area contributed by atoms with Crippen LogP contribution in [-0.4, -0.2) is 60.2 Å². The molecule has 1 fully saturated rings. The number of sulfonamides is 1. The number of fused-ring (bicyclic) bond motifs is 5. The molecule has 15 heteroatoms. The van der Waals surface area contributed by atoms with Crippen LogP contribution < -0.4 is 0 Å². The molecule has 10 nitrogen and oxygen atoms in total. The topological polar surface area (TPSA) is 111 Å². The fraction of sp³-hybridized carbons (Fsp3) is 0.435. The summed E-state index contributed by atoms with van der Waals surface area (Å²) in [5, 5.41) is 9.41. The average molecular weight is 565 g/mol. The van der Waals surface area contributed by atoms with Crippen molar-refractivity contribution in [2.45, 2.75) is 57.1 Å². The van der Waals surface area contributed by atoms with Crippen LogP contribution in [0.1, 0.15) is 48.5 Å². The van der Waals surface area contributed by atoms with Gasteiger partial charge in [-0.05, 0) is 45.2 Å². The van der Waals surface area contributed by atoms with Crippen molar-refractivity contribution in [2.24, 2.45) is 0 Å². The first-order valence-electron chi connectivity index (χ1n) is 12.0. The Balaban J connectivity index is 1.38. The Hall–Kier alpha value is -3.17. The molecule has 200 valence electrons. The zero-order chi connectivity index (χ0) is 27.0. The molecule has 0 radical (unpaired) electrons. The van der Waals surface area contributed by atoms with Crippen LogP contribution in [0.15, 0.2) is 23.5 Å². The zero-order valence-electron chi connectivity index (χ0n) is 20.7. The van der Waals surface area contributed by atoms with Gasteiger partial charge in [-0.1, -0.05) is 0 Å². The number of rotatable bonds is 4. The summed E-state index contributed by atoms with van der Waals surface area (Å²) in [5.41, 5.74) is 0.915. The molecule has 0 N–H and O–H groups in total. The molecule has 1 atom stereocenters. The normalized spacial score (nSPS) is 17.8. The molecular weight excluding hydrogens is 541 g/mol. The lowest BCUT2D eigenvalue weighted by Crippen LogP contribution is -2.39. The molecule has 38 heavy (non-hydrogen) atoms. The molecule has 6 heterocycles. The van der Waals surface area contributed by atoms with E-state index in [0.717, 1.165) is 17.4 Å². The van der Waals surface area contributed by atoms with Crippen molar-refractivity contribution < 1.29 is 21.6 Å². The van der Waals surface area contributed by atoms with E-state index in [0.29, 0.717) is 64.3 Å². The van der Waals surface area contributed by atoms with Crippen LogP contribution in [-0.2, 0) is 22.7 Å². The van der Waals surface area contributed by atoms with Gasteiger partial charge in [-0.15, -0.1) is 16.4 Å². The molecule has 0 aromatic carbocycles. The van der Waals surface area contributed by atoms with Gasteiger partial charge in [0.25, 0.3) is 0 Å². The first-order chi connectivity index (χ1) is 18.0. The van der Waals surface area contributed by atoms with E-state index in [1.165, 1.54) is 15.1 Å². The monoisotopic (exact) mass is 564 g/mol. The molecule has 1 aliphatic heterocycles. The number of thiophene rings is 1. The lowest BCUT2D eigenvalue weighted by atomic mass is 9.99. The second-order valence-electron chi connectivity index (χ2n) is 9.40. The van der Waals surface area contributed by atoms with Crippen LogP contribution in [0.2, 0.25) is 0 Å². The van der Waals surface area contributed by atoms with Gasteiger partial charge < -0.3 is 0 Å². The van der Waals surface area contributed by atoms with Gasteiger partial charge in [0.05, 0.1) is 11.2 Å². The number of hydrogen-bond donors (Lipinski definition) is 0. The summed E-state index contributed by atoms with van der Waals surface area (Å²) in [6, 6.07) is 1.03. The van der Waals surface area contributed by atoms with E-state index in [2.05, 4.69) is 20.2 Å². The van der Waals surface area contributed by atoms with Gasteiger partial charge in [0.1, 0.15) is 26.4 Å². The number of piperidine rings is 1. The predicted molar refractivity (Wildman–Crippen MR) is 135 cm³/mol. The number of hydrogen-bond acceptors (Lipinski definition) is 8. The Morgan fingerprint density at radius 3 is 2.68 bits per heavy atom. The predicted octanol–water partition coefficient (Wildman–Crippen LogP) is 4.31. The SMILES string of the molecule is CCn1cc(S(=O)(=O)N2CCC[C@@H](c3nc4c5sc6nc(C(F)(F)F)cc(C)c6c5ncn4n3)C2)c(C)n1. The summed E-state index contributed by atoms with van der Waals surface area (Å²) in [5.74, 6) is 0.222. The summed E-state index contributed by atoms with van der Waals surface area (Å²) in [6.07, 6.45) is -0.172. The molecule has 6 rings (SSSR count). The van der Waals surface area contributed by atoms with Crippen LogP contribution in [0.5, 0.6) is 0 Å². The molecule has 5 aromatic heterocycles. The molecule has 0 amide bonds. The van der Waals surface area contributed by atoms with Crippen molar-refractivity contribution in [3.05, 3.63) is 41.4 Å². The van der Waals surface area contributed by atoms with Crippen LogP contribution in [0.25, 0.3) is 26.1 Å². The molecule has 0 spiro atoms. The van der Waals surface area contributed by atoms with E-state index in [1.54, 1.807) is 24.7 Å². The van der Waals surface area contributed by atoms with Gasteiger partial charge >= 0.3 is 6.18 Å². The van der Waals surface area contributed by atoms with E-state index in [9.17, 15) is 21.6 Å². The van der Waals surface area contributed by atoms with Crippen molar-refractivity contribution in [3.8, 4) is 0 Å². The maximum Gasteiger partial charge on any atom is 0.433 e. The largest absolute Gasteiger partial charge is 0.433 e. The second-order valence-corrected chi connectivity index (χ2v) is 12.3. The van der Waals surface area contributed by atoms with E-state index in [1.807, 2.05) is 6.92 Å². The van der Waals surface area contributed by atoms with Crippen molar-refractivity contribution in [1.82, 2.24) is 38.7 Å². The van der Waals surface area contributed by atoms with E-state index >= 15 is 0 Å². The lowest BCUT2D eigenvalue weighted by Gasteiger charge is -2.30. The van der Waals surface area contributed by atoms with E-state index < -0.39 is 21.9 Å². The molecule has 1 aliphatic rings. The molecular formula is C23H23F3N8O2S2. The first-order valence-corrected chi connectivity index (χ1v) is 14.3. The Bertz CT molecular complexity index is 1820.